The monoisotopic (exact) mass is 335 g/mol. The van der Waals surface area contributed by atoms with Crippen LogP contribution >= 0.6 is 0 Å². The lowest BCUT2D eigenvalue weighted by atomic mass is 9.63. The van der Waals surface area contributed by atoms with Crippen LogP contribution in [0.25, 0.3) is 11.1 Å². The zero-order chi connectivity index (χ0) is 17.0. The normalized spacial score (nSPS) is 18.2. The maximum Gasteiger partial charge on any atom is 0.419 e. The minimum absolute atomic E-state index is 0.338. The molecule has 2 aromatic carbocycles. The summed E-state index contributed by atoms with van der Waals surface area (Å²) in [7, 11) is 1.71. The molecule has 1 N–H and O–H groups in total. The molecule has 2 heterocycles. The molecule has 25 heavy (non-hydrogen) atoms. The molecule has 2 aliphatic rings. The number of anilines is 3. The first-order valence-corrected chi connectivity index (χ1v) is 8.84. The van der Waals surface area contributed by atoms with Crippen molar-refractivity contribution in [3.8, 4) is 0 Å². The van der Waals surface area contributed by atoms with Crippen LogP contribution in [-0.4, -0.2) is 17.7 Å². The number of oxazole rings is 1. The van der Waals surface area contributed by atoms with E-state index in [1.165, 1.54) is 42.6 Å². The number of aromatic nitrogens is 1. The highest BCUT2D eigenvalue weighted by Gasteiger charge is 2.47. The second-order valence-corrected chi connectivity index (χ2v) is 7.49. The second-order valence-electron chi connectivity index (χ2n) is 7.49. The Morgan fingerprint density at radius 2 is 1.76 bits per heavy atom. The molecule has 1 saturated carbocycles. The van der Waals surface area contributed by atoms with E-state index in [0.29, 0.717) is 11.0 Å². The number of rotatable bonds is 3. The molecule has 1 saturated heterocycles. The molecular weight excluding hydrogens is 314 g/mol. The van der Waals surface area contributed by atoms with E-state index in [1.807, 2.05) is 18.2 Å². The maximum absolute atomic E-state index is 11.6. The summed E-state index contributed by atoms with van der Waals surface area (Å²) in [6.45, 7) is 2.42. The van der Waals surface area contributed by atoms with Crippen LogP contribution < -0.4 is 16.0 Å². The Kier molecular flexibility index (Phi) is 3.02. The molecular formula is C20H21N3O2. The van der Waals surface area contributed by atoms with Gasteiger partial charge in [0.05, 0.1) is 5.52 Å². The van der Waals surface area contributed by atoms with Gasteiger partial charge in [-0.05, 0) is 49.2 Å². The number of hydrogen-bond acceptors (Lipinski definition) is 4. The number of benzene rings is 2. The minimum atomic E-state index is -0.338. The number of nitrogens with zero attached hydrogens (tertiary/aromatic N) is 2. The van der Waals surface area contributed by atoms with Crippen molar-refractivity contribution in [1.82, 2.24) is 4.57 Å². The smallest absolute Gasteiger partial charge is 0.408 e. The average molecular weight is 335 g/mol. The molecule has 128 valence electrons. The van der Waals surface area contributed by atoms with Gasteiger partial charge in [0.2, 0.25) is 0 Å². The fourth-order valence-corrected chi connectivity index (χ4v) is 4.07. The van der Waals surface area contributed by atoms with Crippen molar-refractivity contribution in [1.29, 1.82) is 0 Å². The quantitative estimate of drug-likeness (QED) is 0.789. The van der Waals surface area contributed by atoms with Gasteiger partial charge in [0.25, 0.3) is 0 Å². The third-order valence-electron chi connectivity index (χ3n) is 5.78. The van der Waals surface area contributed by atoms with Gasteiger partial charge >= 0.3 is 5.76 Å². The molecule has 5 heteroatoms. The topological polar surface area (TPSA) is 50.4 Å². The molecule has 0 bridgehead atoms. The molecule has 1 spiro atoms. The van der Waals surface area contributed by atoms with Gasteiger partial charge in [-0.1, -0.05) is 6.42 Å². The number of hydrogen-bond donors (Lipinski definition) is 1. The van der Waals surface area contributed by atoms with Crippen LogP contribution in [-0.2, 0) is 7.05 Å². The molecule has 1 aliphatic carbocycles. The van der Waals surface area contributed by atoms with Crippen molar-refractivity contribution in [2.75, 3.05) is 23.3 Å². The Morgan fingerprint density at radius 1 is 1.04 bits per heavy atom. The molecule has 0 amide bonds. The Hall–Kier alpha value is -2.69. The van der Waals surface area contributed by atoms with Gasteiger partial charge in [-0.25, -0.2) is 4.79 Å². The highest BCUT2D eigenvalue weighted by atomic mass is 16.4. The van der Waals surface area contributed by atoms with E-state index in [9.17, 15) is 4.79 Å². The van der Waals surface area contributed by atoms with Gasteiger partial charge in [-0.3, -0.25) is 4.57 Å². The van der Waals surface area contributed by atoms with Crippen LogP contribution in [0, 0.1) is 5.41 Å². The van der Waals surface area contributed by atoms with E-state index in [1.54, 1.807) is 7.05 Å². The highest BCUT2D eigenvalue weighted by molar-refractivity contribution is 5.79. The third kappa shape index (κ3) is 2.34. The van der Waals surface area contributed by atoms with Crippen LogP contribution in [0.15, 0.2) is 51.7 Å². The van der Waals surface area contributed by atoms with E-state index < -0.39 is 0 Å². The van der Waals surface area contributed by atoms with Gasteiger partial charge in [0, 0.05) is 48.7 Å². The summed E-state index contributed by atoms with van der Waals surface area (Å²) in [6, 6.07) is 14.3. The van der Waals surface area contributed by atoms with Crippen LogP contribution in [0.3, 0.4) is 0 Å². The SMILES string of the molecule is Cn1c(=O)oc2cc(Nc3ccc(N4CC5(CCC5)C4)cc3)ccc21. The first-order chi connectivity index (χ1) is 12.1. The van der Waals surface area contributed by atoms with Gasteiger partial charge in [-0.15, -0.1) is 0 Å². The van der Waals surface area contributed by atoms with E-state index >= 15 is 0 Å². The summed E-state index contributed by atoms with van der Waals surface area (Å²) in [5.74, 6) is -0.338. The van der Waals surface area contributed by atoms with Crippen LogP contribution in [0.5, 0.6) is 0 Å². The van der Waals surface area contributed by atoms with Crippen LogP contribution in [0.1, 0.15) is 19.3 Å². The van der Waals surface area contributed by atoms with Crippen LogP contribution in [0.2, 0.25) is 0 Å². The standard InChI is InChI=1S/C20H21N3O2/c1-22-17-8-5-15(11-18(17)25-19(22)24)21-14-3-6-16(7-4-14)23-12-20(13-23)9-2-10-20/h3-8,11,21H,2,9-10,12-13H2,1H3. The molecule has 5 nitrogen and oxygen atoms in total. The van der Waals surface area contributed by atoms with Crippen molar-refractivity contribution in [3.05, 3.63) is 53.0 Å². The number of fused-ring (bicyclic) bond motifs is 1. The highest BCUT2D eigenvalue weighted by Crippen LogP contribution is 2.49. The van der Waals surface area contributed by atoms with Crippen molar-refractivity contribution >= 4 is 28.2 Å². The van der Waals surface area contributed by atoms with E-state index in [4.69, 9.17) is 4.42 Å². The molecule has 0 unspecified atom stereocenters. The van der Waals surface area contributed by atoms with Crippen molar-refractivity contribution in [2.24, 2.45) is 12.5 Å². The maximum atomic E-state index is 11.6. The lowest BCUT2D eigenvalue weighted by Gasteiger charge is -2.57. The third-order valence-corrected chi connectivity index (χ3v) is 5.78. The lowest BCUT2D eigenvalue weighted by molar-refractivity contribution is 0.0904. The number of nitrogens with one attached hydrogen (secondary N) is 1. The summed E-state index contributed by atoms with van der Waals surface area (Å²) in [5, 5.41) is 3.38. The van der Waals surface area contributed by atoms with Crippen molar-refractivity contribution in [3.63, 3.8) is 0 Å². The zero-order valence-electron chi connectivity index (χ0n) is 14.3. The Bertz CT molecular complexity index is 988. The summed E-state index contributed by atoms with van der Waals surface area (Å²) in [4.78, 5) is 14.1. The molecule has 3 aromatic rings. The van der Waals surface area contributed by atoms with E-state index in [-0.39, 0.29) is 5.76 Å². The average Bonchev–Trinajstić information content (AvgIpc) is 2.80. The van der Waals surface area contributed by atoms with Gasteiger partial charge in [0.15, 0.2) is 5.58 Å². The van der Waals surface area contributed by atoms with Gasteiger partial charge in [0.1, 0.15) is 0 Å². The summed E-state index contributed by atoms with van der Waals surface area (Å²) in [6.07, 6.45) is 4.21. The molecule has 0 radical (unpaired) electrons. The zero-order valence-corrected chi connectivity index (χ0v) is 14.3. The van der Waals surface area contributed by atoms with Gasteiger partial charge in [-0.2, -0.15) is 0 Å². The van der Waals surface area contributed by atoms with Crippen LogP contribution in [0.4, 0.5) is 17.1 Å². The van der Waals surface area contributed by atoms with Crippen molar-refractivity contribution < 1.29 is 4.42 Å². The Labute approximate surface area is 145 Å². The Balaban J connectivity index is 1.31. The molecule has 2 fully saturated rings. The number of aryl methyl sites for hydroxylation is 1. The molecule has 1 aliphatic heterocycles. The molecule has 1 aromatic heterocycles. The van der Waals surface area contributed by atoms with Crippen molar-refractivity contribution in [2.45, 2.75) is 19.3 Å². The predicted molar refractivity (Wildman–Crippen MR) is 99.7 cm³/mol. The van der Waals surface area contributed by atoms with Gasteiger partial charge < -0.3 is 14.6 Å². The minimum Gasteiger partial charge on any atom is -0.408 e. The van der Waals surface area contributed by atoms with E-state index in [0.717, 1.165) is 16.9 Å². The first kappa shape index (κ1) is 14.6. The second kappa shape index (κ2) is 5.15. The fourth-order valence-electron chi connectivity index (χ4n) is 4.07. The summed E-state index contributed by atoms with van der Waals surface area (Å²) < 4.78 is 6.76. The molecule has 5 rings (SSSR count). The predicted octanol–water partition coefficient (Wildman–Crippen LogP) is 3.87. The Morgan fingerprint density at radius 3 is 2.44 bits per heavy atom. The lowest BCUT2D eigenvalue weighted by Crippen LogP contribution is -2.59. The summed E-state index contributed by atoms with van der Waals surface area (Å²) >= 11 is 0. The summed E-state index contributed by atoms with van der Waals surface area (Å²) in [5.41, 5.74) is 5.28. The fraction of sp³-hybridized carbons (Fsp3) is 0.350. The molecule has 0 atom stereocenters. The van der Waals surface area contributed by atoms with E-state index in [2.05, 4.69) is 34.5 Å². The first-order valence-electron chi connectivity index (χ1n) is 8.84. The largest absolute Gasteiger partial charge is 0.419 e.